The predicted octanol–water partition coefficient (Wildman–Crippen LogP) is 0.144. The van der Waals surface area contributed by atoms with E-state index in [4.69, 9.17) is 5.11 Å². The third-order valence-electron chi connectivity index (χ3n) is 2.07. The first-order valence-electron chi connectivity index (χ1n) is 5.16. The number of aromatic nitrogens is 3. The number of halogens is 3. The highest BCUT2D eigenvalue weighted by atomic mass is 19.4. The molecule has 0 saturated heterocycles. The molecule has 0 aliphatic rings. The minimum Gasteiger partial charge on any atom is -0.480 e. The van der Waals surface area contributed by atoms with Crippen LogP contribution < -0.4 is 0 Å². The summed E-state index contributed by atoms with van der Waals surface area (Å²) < 4.78 is 37.9. The Bertz CT molecular complexity index is 432. The van der Waals surface area contributed by atoms with Crippen LogP contribution in [0.1, 0.15) is 6.42 Å². The molecule has 1 heterocycles. The molecule has 0 aliphatic carbocycles. The van der Waals surface area contributed by atoms with Crippen molar-refractivity contribution >= 4 is 11.9 Å². The van der Waals surface area contributed by atoms with E-state index in [0.717, 1.165) is 0 Å². The Kier molecular flexibility index (Phi) is 4.84. The first kappa shape index (κ1) is 14.9. The maximum atomic E-state index is 12.2. The van der Waals surface area contributed by atoms with E-state index in [9.17, 15) is 22.8 Å². The van der Waals surface area contributed by atoms with Gasteiger partial charge in [0.05, 0.1) is 6.54 Å². The zero-order chi connectivity index (χ0) is 14.5. The molecule has 1 aromatic heterocycles. The monoisotopic (exact) mass is 280 g/mol. The lowest BCUT2D eigenvalue weighted by atomic mass is 10.3. The summed E-state index contributed by atoms with van der Waals surface area (Å²) in [6.07, 6.45) is -2.40. The number of aliphatic carboxylic acids is 1. The molecule has 19 heavy (non-hydrogen) atoms. The minimum atomic E-state index is -4.64. The molecule has 1 amide bonds. The molecule has 1 aromatic rings. The molecule has 0 unspecified atom stereocenters. The van der Waals surface area contributed by atoms with Crippen molar-refractivity contribution in [3.63, 3.8) is 0 Å². The average Bonchev–Trinajstić information content (AvgIpc) is 2.75. The van der Waals surface area contributed by atoms with Crippen LogP contribution in [-0.4, -0.2) is 55.9 Å². The number of amides is 1. The highest BCUT2D eigenvalue weighted by Crippen LogP contribution is 2.17. The number of carbonyl (C=O) groups is 2. The molecule has 7 nitrogen and oxygen atoms in total. The fourth-order valence-corrected chi connectivity index (χ4v) is 1.33. The van der Waals surface area contributed by atoms with Crippen LogP contribution in [0.2, 0.25) is 0 Å². The van der Waals surface area contributed by atoms with E-state index in [2.05, 4.69) is 10.1 Å². The van der Waals surface area contributed by atoms with Crippen molar-refractivity contribution in [2.45, 2.75) is 19.1 Å². The second kappa shape index (κ2) is 6.16. The van der Waals surface area contributed by atoms with E-state index in [1.165, 1.54) is 17.3 Å². The van der Waals surface area contributed by atoms with Crippen LogP contribution in [0.5, 0.6) is 0 Å². The number of rotatable bonds is 6. The number of hydrogen-bond donors (Lipinski definition) is 1. The topological polar surface area (TPSA) is 88.3 Å². The lowest BCUT2D eigenvalue weighted by Crippen LogP contribution is -2.42. The predicted molar refractivity (Wildman–Crippen MR) is 54.9 cm³/mol. The zero-order valence-corrected chi connectivity index (χ0v) is 9.67. The first-order chi connectivity index (χ1) is 8.78. The molecule has 1 N–H and O–H groups in total. The van der Waals surface area contributed by atoms with Gasteiger partial charge < -0.3 is 10.0 Å². The van der Waals surface area contributed by atoms with Crippen molar-refractivity contribution < 1.29 is 27.9 Å². The second-order valence-corrected chi connectivity index (χ2v) is 3.67. The number of carbonyl (C=O) groups excluding carboxylic acids is 1. The van der Waals surface area contributed by atoms with Crippen LogP contribution in [-0.2, 0) is 16.1 Å². The van der Waals surface area contributed by atoms with Gasteiger partial charge in [0.1, 0.15) is 25.7 Å². The van der Waals surface area contributed by atoms with E-state index in [-0.39, 0.29) is 17.9 Å². The Hall–Kier alpha value is -2.13. The maximum Gasteiger partial charge on any atom is 0.406 e. The zero-order valence-electron chi connectivity index (χ0n) is 9.67. The number of carboxylic acid groups (broad SMARTS) is 1. The van der Waals surface area contributed by atoms with Gasteiger partial charge >= 0.3 is 12.1 Å². The summed E-state index contributed by atoms with van der Waals surface area (Å²) in [4.78, 5) is 25.9. The van der Waals surface area contributed by atoms with Gasteiger partial charge in [0, 0.05) is 6.42 Å². The van der Waals surface area contributed by atoms with E-state index in [1.54, 1.807) is 0 Å². The van der Waals surface area contributed by atoms with Crippen molar-refractivity contribution in [2.75, 3.05) is 13.1 Å². The van der Waals surface area contributed by atoms with Crippen LogP contribution >= 0.6 is 0 Å². The molecule has 1 rings (SSSR count). The average molecular weight is 280 g/mol. The number of aryl methyl sites for hydroxylation is 1. The minimum absolute atomic E-state index is 0.0345. The summed E-state index contributed by atoms with van der Waals surface area (Å²) in [5, 5.41) is 12.2. The lowest BCUT2D eigenvalue weighted by Gasteiger charge is -2.22. The molecule has 10 heteroatoms. The molecular formula is C9H11F3N4O3. The van der Waals surface area contributed by atoms with Crippen molar-refractivity contribution in [2.24, 2.45) is 0 Å². The molecule has 0 saturated carbocycles. The van der Waals surface area contributed by atoms with E-state index in [0.29, 0.717) is 0 Å². The summed E-state index contributed by atoms with van der Waals surface area (Å²) in [6, 6.07) is 0. The summed E-state index contributed by atoms with van der Waals surface area (Å²) in [5.74, 6) is -2.41. The summed E-state index contributed by atoms with van der Waals surface area (Å²) in [7, 11) is 0. The van der Waals surface area contributed by atoms with Crippen LogP contribution in [0.4, 0.5) is 13.2 Å². The van der Waals surface area contributed by atoms with Gasteiger partial charge in [-0.2, -0.15) is 18.3 Å². The maximum absolute atomic E-state index is 12.2. The Morgan fingerprint density at radius 1 is 1.37 bits per heavy atom. The highest BCUT2D eigenvalue weighted by molar-refractivity contribution is 5.81. The molecular weight excluding hydrogens is 269 g/mol. The van der Waals surface area contributed by atoms with E-state index in [1.807, 2.05) is 0 Å². The third kappa shape index (κ3) is 5.84. The standard InChI is InChI=1S/C9H11F3N4O3/c10-9(11,12)4-15(3-8(18)19)7(17)1-2-16-6-13-5-14-16/h5-6H,1-4H2,(H,18,19). The number of hydrogen-bond acceptors (Lipinski definition) is 4. The van der Waals surface area contributed by atoms with Gasteiger partial charge in [-0.25, -0.2) is 4.98 Å². The normalized spacial score (nSPS) is 11.3. The quantitative estimate of drug-likeness (QED) is 0.801. The van der Waals surface area contributed by atoms with Gasteiger partial charge in [0.2, 0.25) is 5.91 Å². The first-order valence-corrected chi connectivity index (χ1v) is 5.16. The molecule has 0 aromatic carbocycles. The lowest BCUT2D eigenvalue weighted by molar-refractivity contribution is -0.165. The van der Waals surface area contributed by atoms with Crippen molar-refractivity contribution in [3.8, 4) is 0 Å². The molecule has 0 radical (unpaired) electrons. The fraction of sp³-hybridized carbons (Fsp3) is 0.556. The molecule has 0 aliphatic heterocycles. The van der Waals surface area contributed by atoms with Crippen LogP contribution in [0.3, 0.4) is 0 Å². The van der Waals surface area contributed by atoms with Gasteiger partial charge in [0.25, 0.3) is 0 Å². The fourth-order valence-electron chi connectivity index (χ4n) is 1.33. The molecule has 106 valence electrons. The molecule has 0 fully saturated rings. The molecule has 0 bridgehead atoms. The molecule has 0 spiro atoms. The number of alkyl halides is 3. The van der Waals surface area contributed by atoms with Gasteiger partial charge in [-0.15, -0.1) is 0 Å². The van der Waals surface area contributed by atoms with Crippen molar-refractivity contribution in [3.05, 3.63) is 12.7 Å². The SMILES string of the molecule is O=C(O)CN(CC(F)(F)F)C(=O)CCn1cncn1. The van der Waals surface area contributed by atoms with Gasteiger partial charge in [0.15, 0.2) is 0 Å². The molecule has 0 atom stereocenters. The van der Waals surface area contributed by atoms with Gasteiger partial charge in [-0.3, -0.25) is 14.3 Å². The van der Waals surface area contributed by atoms with Crippen molar-refractivity contribution in [1.29, 1.82) is 0 Å². The smallest absolute Gasteiger partial charge is 0.406 e. The van der Waals surface area contributed by atoms with Crippen LogP contribution in [0.15, 0.2) is 12.7 Å². The number of carboxylic acids is 1. The Labute approximate surface area is 105 Å². The van der Waals surface area contributed by atoms with E-state index >= 15 is 0 Å². The van der Waals surface area contributed by atoms with E-state index < -0.39 is 31.1 Å². The van der Waals surface area contributed by atoms with Crippen molar-refractivity contribution in [1.82, 2.24) is 19.7 Å². The van der Waals surface area contributed by atoms with Crippen LogP contribution in [0, 0.1) is 0 Å². The Morgan fingerprint density at radius 2 is 2.05 bits per heavy atom. The second-order valence-electron chi connectivity index (χ2n) is 3.67. The Morgan fingerprint density at radius 3 is 2.53 bits per heavy atom. The van der Waals surface area contributed by atoms with Crippen LogP contribution in [0.25, 0.3) is 0 Å². The third-order valence-corrected chi connectivity index (χ3v) is 2.07. The van der Waals surface area contributed by atoms with Gasteiger partial charge in [-0.05, 0) is 0 Å². The number of nitrogens with zero attached hydrogens (tertiary/aromatic N) is 4. The van der Waals surface area contributed by atoms with Gasteiger partial charge in [-0.1, -0.05) is 0 Å². The highest BCUT2D eigenvalue weighted by Gasteiger charge is 2.33. The summed E-state index contributed by atoms with van der Waals surface area (Å²) in [6.45, 7) is -2.54. The summed E-state index contributed by atoms with van der Waals surface area (Å²) >= 11 is 0. The summed E-state index contributed by atoms with van der Waals surface area (Å²) in [5.41, 5.74) is 0. The largest absolute Gasteiger partial charge is 0.480 e. The Balaban J connectivity index is 2.57.